The number of hydrogen-bond acceptors (Lipinski definition) is 2. The van der Waals surface area contributed by atoms with Crippen LogP contribution in [0.25, 0.3) is 6.08 Å². The van der Waals surface area contributed by atoms with Crippen molar-refractivity contribution in [3.05, 3.63) is 96.1 Å². The first kappa shape index (κ1) is 14.9. The first-order valence-electron chi connectivity index (χ1n) is 7.67. The minimum Gasteiger partial charge on any atom is -0.364 e. The molecule has 0 heterocycles. The summed E-state index contributed by atoms with van der Waals surface area (Å²) >= 11 is 0. The Morgan fingerprint density at radius 1 is 0.957 bits per heavy atom. The predicted molar refractivity (Wildman–Crippen MR) is 95.7 cm³/mol. The molecule has 1 aliphatic rings. The van der Waals surface area contributed by atoms with E-state index in [9.17, 15) is 5.26 Å². The highest BCUT2D eigenvalue weighted by Crippen LogP contribution is 2.26. The largest absolute Gasteiger partial charge is 0.364 e. The van der Waals surface area contributed by atoms with E-state index in [4.69, 9.17) is 0 Å². The van der Waals surface area contributed by atoms with Gasteiger partial charge in [-0.25, -0.2) is 0 Å². The summed E-state index contributed by atoms with van der Waals surface area (Å²) < 4.78 is 0. The molecule has 0 amide bonds. The molecule has 1 N–H and O–H groups in total. The van der Waals surface area contributed by atoms with Gasteiger partial charge in [0.15, 0.2) is 0 Å². The summed E-state index contributed by atoms with van der Waals surface area (Å²) in [6, 6.07) is 22.4. The third kappa shape index (κ3) is 3.78. The van der Waals surface area contributed by atoms with Crippen LogP contribution in [0, 0.1) is 11.3 Å². The highest BCUT2D eigenvalue weighted by molar-refractivity contribution is 5.58. The van der Waals surface area contributed by atoms with Gasteiger partial charge >= 0.3 is 0 Å². The quantitative estimate of drug-likeness (QED) is 0.866. The molecule has 0 radical (unpaired) electrons. The summed E-state index contributed by atoms with van der Waals surface area (Å²) in [5.41, 5.74) is 2.57. The molecule has 0 fully saturated rings. The zero-order chi connectivity index (χ0) is 16.0. The van der Waals surface area contributed by atoms with E-state index in [1.54, 1.807) is 0 Å². The molecule has 0 aliphatic heterocycles. The summed E-state index contributed by atoms with van der Waals surface area (Å²) in [7, 11) is 0. The second-order valence-corrected chi connectivity index (χ2v) is 5.56. The Labute approximate surface area is 137 Å². The predicted octanol–water partition coefficient (Wildman–Crippen LogP) is 4.96. The highest BCUT2D eigenvalue weighted by Gasteiger charge is 2.27. The average molecular weight is 298 g/mol. The van der Waals surface area contributed by atoms with Crippen molar-refractivity contribution in [3.63, 3.8) is 0 Å². The molecule has 0 bridgehead atoms. The van der Waals surface area contributed by atoms with Crippen LogP contribution in [0.4, 0.5) is 5.69 Å². The van der Waals surface area contributed by atoms with E-state index in [0.29, 0.717) is 6.42 Å². The fourth-order valence-electron chi connectivity index (χ4n) is 2.52. The van der Waals surface area contributed by atoms with Gasteiger partial charge in [0.2, 0.25) is 0 Å². The minimum atomic E-state index is -0.675. The summed E-state index contributed by atoms with van der Waals surface area (Å²) in [6.45, 7) is 0. The molecule has 0 saturated carbocycles. The van der Waals surface area contributed by atoms with Crippen LogP contribution in [-0.4, -0.2) is 5.54 Å². The lowest BCUT2D eigenvalue weighted by Gasteiger charge is -2.27. The topological polar surface area (TPSA) is 35.8 Å². The molecule has 0 aromatic heterocycles. The van der Waals surface area contributed by atoms with Crippen LogP contribution in [-0.2, 0) is 0 Å². The second-order valence-electron chi connectivity index (χ2n) is 5.56. The number of para-hydroxylation sites is 1. The van der Waals surface area contributed by atoms with Gasteiger partial charge in [0.05, 0.1) is 6.07 Å². The van der Waals surface area contributed by atoms with Crippen LogP contribution in [0.15, 0.2) is 90.5 Å². The van der Waals surface area contributed by atoms with E-state index in [0.717, 1.165) is 11.3 Å². The maximum Gasteiger partial charge on any atom is 0.147 e. The summed E-state index contributed by atoms with van der Waals surface area (Å²) in [6.07, 6.45) is 10.9. The number of hydrogen-bond donors (Lipinski definition) is 1. The van der Waals surface area contributed by atoms with E-state index < -0.39 is 5.54 Å². The van der Waals surface area contributed by atoms with E-state index in [-0.39, 0.29) is 0 Å². The zero-order valence-electron chi connectivity index (χ0n) is 12.8. The molecular weight excluding hydrogens is 280 g/mol. The van der Waals surface area contributed by atoms with Gasteiger partial charge in [0.25, 0.3) is 0 Å². The van der Waals surface area contributed by atoms with Crippen molar-refractivity contribution < 1.29 is 0 Å². The number of benzene rings is 2. The molecule has 1 aliphatic carbocycles. The van der Waals surface area contributed by atoms with Crippen LogP contribution in [0.3, 0.4) is 0 Å². The van der Waals surface area contributed by atoms with Crippen LogP contribution >= 0.6 is 0 Å². The molecule has 1 unspecified atom stereocenters. The van der Waals surface area contributed by atoms with E-state index >= 15 is 0 Å². The average Bonchev–Trinajstić information content (AvgIpc) is 2.63. The zero-order valence-corrected chi connectivity index (χ0v) is 12.8. The Hall–Kier alpha value is -3.05. The van der Waals surface area contributed by atoms with Crippen molar-refractivity contribution in [1.29, 1.82) is 5.26 Å². The first-order valence-corrected chi connectivity index (χ1v) is 7.67. The van der Waals surface area contributed by atoms with Crippen LogP contribution in [0.1, 0.15) is 12.0 Å². The van der Waals surface area contributed by atoms with Crippen molar-refractivity contribution in [2.75, 3.05) is 5.32 Å². The SMILES string of the molecule is N#CC1(Nc2ccccc2)C=CC(/C=C/c2ccccc2)=CC1. The van der Waals surface area contributed by atoms with Crippen molar-refractivity contribution in [2.45, 2.75) is 12.0 Å². The molecule has 2 nitrogen and oxygen atoms in total. The Morgan fingerprint density at radius 3 is 2.26 bits per heavy atom. The van der Waals surface area contributed by atoms with Gasteiger partial charge in [0.1, 0.15) is 5.54 Å². The second kappa shape index (κ2) is 6.81. The Balaban J connectivity index is 1.71. The molecule has 2 heteroatoms. The van der Waals surface area contributed by atoms with Gasteiger partial charge in [-0.05, 0) is 29.3 Å². The molecule has 3 rings (SSSR count). The number of nitriles is 1. The third-order valence-corrected chi connectivity index (χ3v) is 3.83. The first-order chi connectivity index (χ1) is 11.3. The highest BCUT2D eigenvalue weighted by atomic mass is 15.0. The van der Waals surface area contributed by atoms with Gasteiger partial charge in [-0.1, -0.05) is 72.8 Å². The molecule has 23 heavy (non-hydrogen) atoms. The molecule has 2 aromatic carbocycles. The molecule has 0 saturated heterocycles. The summed E-state index contributed by atoms with van der Waals surface area (Å²) in [5, 5.41) is 12.9. The lowest BCUT2D eigenvalue weighted by Crippen LogP contribution is -2.35. The third-order valence-electron chi connectivity index (χ3n) is 3.83. The lowest BCUT2D eigenvalue weighted by atomic mass is 9.89. The number of rotatable bonds is 4. The molecular formula is C21H18N2. The maximum atomic E-state index is 9.59. The molecule has 112 valence electrons. The Kier molecular flexibility index (Phi) is 4.40. The lowest BCUT2D eigenvalue weighted by molar-refractivity contribution is 0.726. The van der Waals surface area contributed by atoms with Crippen molar-refractivity contribution in [2.24, 2.45) is 0 Å². The normalized spacial score (nSPS) is 20.0. The number of anilines is 1. The van der Waals surface area contributed by atoms with Crippen LogP contribution in [0.5, 0.6) is 0 Å². The van der Waals surface area contributed by atoms with Gasteiger partial charge in [0, 0.05) is 12.1 Å². The van der Waals surface area contributed by atoms with Gasteiger partial charge in [-0.15, -0.1) is 0 Å². The van der Waals surface area contributed by atoms with Gasteiger partial charge < -0.3 is 5.32 Å². The van der Waals surface area contributed by atoms with E-state index in [2.05, 4.69) is 41.7 Å². The summed E-state index contributed by atoms with van der Waals surface area (Å²) in [4.78, 5) is 0. The minimum absolute atomic E-state index is 0.642. The fraction of sp³-hybridized carbons (Fsp3) is 0.0952. The smallest absolute Gasteiger partial charge is 0.147 e. The number of nitrogens with one attached hydrogen (secondary N) is 1. The van der Waals surface area contributed by atoms with E-state index in [1.807, 2.05) is 60.7 Å². The van der Waals surface area contributed by atoms with Crippen molar-refractivity contribution >= 4 is 11.8 Å². The molecule has 1 atom stereocenters. The van der Waals surface area contributed by atoms with E-state index in [1.165, 1.54) is 5.56 Å². The Morgan fingerprint density at radius 2 is 1.65 bits per heavy atom. The monoisotopic (exact) mass is 298 g/mol. The summed E-state index contributed by atoms with van der Waals surface area (Å²) in [5.74, 6) is 0. The molecule has 2 aromatic rings. The number of allylic oxidation sites excluding steroid dienone is 3. The van der Waals surface area contributed by atoms with Crippen LogP contribution in [0.2, 0.25) is 0 Å². The van der Waals surface area contributed by atoms with Crippen molar-refractivity contribution in [1.82, 2.24) is 0 Å². The maximum absolute atomic E-state index is 9.59. The van der Waals surface area contributed by atoms with Gasteiger partial charge in [-0.2, -0.15) is 5.26 Å². The standard InChI is InChI=1S/C21H18N2/c22-17-21(23-20-9-5-2-6-10-20)15-13-19(14-16-21)12-11-18-7-3-1-4-8-18/h1-15,23H,16H2/b12-11+. The number of nitrogens with zero attached hydrogens (tertiary/aromatic N) is 1. The molecule has 0 spiro atoms. The Bertz CT molecular complexity index is 780. The van der Waals surface area contributed by atoms with Gasteiger partial charge in [-0.3, -0.25) is 0 Å². The van der Waals surface area contributed by atoms with Crippen molar-refractivity contribution in [3.8, 4) is 6.07 Å². The van der Waals surface area contributed by atoms with Crippen LogP contribution < -0.4 is 5.32 Å². The fourth-order valence-corrected chi connectivity index (χ4v) is 2.52.